The van der Waals surface area contributed by atoms with Crippen LogP contribution in [0, 0.1) is 5.41 Å². The summed E-state index contributed by atoms with van der Waals surface area (Å²) < 4.78 is 5.29. The third-order valence-electron chi connectivity index (χ3n) is 3.66. The maximum absolute atomic E-state index is 11.9. The molecule has 0 unspecified atom stereocenters. The van der Waals surface area contributed by atoms with Crippen LogP contribution in [0.15, 0.2) is 12.7 Å². The van der Waals surface area contributed by atoms with E-state index in [0.29, 0.717) is 45.7 Å². The number of carbonyl (C=O) groups is 2. The van der Waals surface area contributed by atoms with Crippen LogP contribution in [0.4, 0.5) is 4.79 Å². The van der Waals surface area contributed by atoms with Gasteiger partial charge in [-0.3, -0.25) is 4.79 Å². The molecule has 1 fully saturated rings. The van der Waals surface area contributed by atoms with Crippen LogP contribution in [-0.4, -0.2) is 54.9 Å². The predicted molar refractivity (Wildman–Crippen MR) is 75.6 cm³/mol. The van der Waals surface area contributed by atoms with Gasteiger partial charge in [-0.15, -0.1) is 6.58 Å². The molecule has 0 bridgehead atoms. The second-order valence-corrected chi connectivity index (χ2v) is 5.27. The standard InChI is InChI=1S/C14H24N2O4/c1-3-4-10-20-11-7-15-13(19)16-8-5-14(2,6-9-16)12(17)18/h3H,1,4-11H2,2H3,(H,15,19)(H,17,18). The predicted octanol–water partition coefficient (Wildman–Crippen LogP) is 1.48. The number of nitrogens with one attached hydrogen (secondary N) is 1. The van der Waals surface area contributed by atoms with Crippen molar-refractivity contribution in [2.24, 2.45) is 5.41 Å². The summed E-state index contributed by atoms with van der Waals surface area (Å²) in [5, 5.41) is 11.9. The smallest absolute Gasteiger partial charge is 0.317 e. The summed E-state index contributed by atoms with van der Waals surface area (Å²) in [4.78, 5) is 24.6. The number of nitrogens with zero attached hydrogens (tertiary/aromatic N) is 1. The van der Waals surface area contributed by atoms with Crippen molar-refractivity contribution < 1.29 is 19.4 Å². The number of piperidine rings is 1. The zero-order valence-corrected chi connectivity index (χ0v) is 12.1. The molecule has 0 radical (unpaired) electrons. The lowest BCUT2D eigenvalue weighted by molar-refractivity contribution is -0.150. The van der Waals surface area contributed by atoms with Crippen LogP contribution >= 0.6 is 0 Å². The molecule has 6 nitrogen and oxygen atoms in total. The van der Waals surface area contributed by atoms with E-state index in [0.717, 1.165) is 6.42 Å². The van der Waals surface area contributed by atoms with Gasteiger partial charge in [0.25, 0.3) is 0 Å². The van der Waals surface area contributed by atoms with E-state index in [1.54, 1.807) is 17.9 Å². The van der Waals surface area contributed by atoms with Gasteiger partial charge in [-0.05, 0) is 26.2 Å². The molecule has 0 aromatic heterocycles. The van der Waals surface area contributed by atoms with Crippen LogP contribution in [0.25, 0.3) is 0 Å². The van der Waals surface area contributed by atoms with Gasteiger partial charge >= 0.3 is 12.0 Å². The van der Waals surface area contributed by atoms with Crippen molar-refractivity contribution in [3.05, 3.63) is 12.7 Å². The van der Waals surface area contributed by atoms with Gasteiger partial charge in [0.1, 0.15) is 0 Å². The molecule has 1 heterocycles. The monoisotopic (exact) mass is 284 g/mol. The molecule has 0 atom stereocenters. The van der Waals surface area contributed by atoms with E-state index in [4.69, 9.17) is 9.84 Å². The van der Waals surface area contributed by atoms with Crippen molar-refractivity contribution in [3.8, 4) is 0 Å². The number of rotatable bonds is 7. The molecule has 20 heavy (non-hydrogen) atoms. The van der Waals surface area contributed by atoms with Crippen molar-refractivity contribution in [2.45, 2.75) is 26.2 Å². The molecule has 114 valence electrons. The van der Waals surface area contributed by atoms with Crippen molar-refractivity contribution in [1.82, 2.24) is 10.2 Å². The minimum Gasteiger partial charge on any atom is -0.481 e. The summed E-state index contributed by atoms with van der Waals surface area (Å²) in [7, 11) is 0. The molecule has 1 saturated heterocycles. The Hall–Kier alpha value is -1.56. The first kappa shape index (κ1) is 16.5. The molecule has 1 rings (SSSR count). The zero-order valence-electron chi connectivity index (χ0n) is 12.1. The van der Waals surface area contributed by atoms with Crippen molar-refractivity contribution in [1.29, 1.82) is 0 Å². The first-order valence-corrected chi connectivity index (χ1v) is 6.94. The van der Waals surface area contributed by atoms with Crippen LogP contribution in [0.1, 0.15) is 26.2 Å². The number of amides is 2. The highest BCUT2D eigenvalue weighted by Crippen LogP contribution is 2.30. The van der Waals surface area contributed by atoms with E-state index in [1.165, 1.54) is 0 Å². The lowest BCUT2D eigenvalue weighted by atomic mass is 9.80. The molecule has 1 aliphatic heterocycles. The van der Waals surface area contributed by atoms with Crippen molar-refractivity contribution >= 4 is 12.0 Å². The average Bonchev–Trinajstić information content (AvgIpc) is 2.43. The highest BCUT2D eigenvalue weighted by molar-refractivity contribution is 5.76. The van der Waals surface area contributed by atoms with Gasteiger partial charge in [0.2, 0.25) is 0 Å². The van der Waals surface area contributed by atoms with E-state index < -0.39 is 11.4 Å². The lowest BCUT2D eigenvalue weighted by Gasteiger charge is -2.36. The number of carbonyl (C=O) groups excluding carboxylic acids is 1. The van der Waals surface area contributed by atoms with Gasteiger partial charge in [0.15, 0.2) is 0 Å². The first-order valence-electron chi connectivity index (χ1n) is 6.94. The normalized spacial score (nSPS) is 17.6. The number of hydrogen-bond acceptors (Lipinski definition) is 3. The summed E-state index contributed by atoms with van der Waals surface area (Å²) in [5.41, 5.74) is -0.704. The number of urea groups is 1. The van der Waals surface area contributed by atoms with Crippen LogP contribution < -0.4 is 5.32 Å². The Kier molecular flexibility index (Phi) is 6.51. The highest BCUT2D eigenvalue weighted by Gasteiger charge is 2.37. The summed E-state index contributed by atoms with van der Waals surface area (Å²) in [6.07, 6.45) is 3.57. The maximum Gasteiger partial charge on any atom is 0.317 e. The average molecular weight is 284 g/mol. The van der Waals surface area contributed by atoms with Gasteiger partial charge in [0, 0.05) is 19.6 Å². The van der Waals surface area contributed by atoms with Crippen LogP contribution in [0.2, 0.25) is 0 Å². The molecule has 0 aromatic rings. The second-order valence-electron chi connectivity index (χ2n) is 5.27. The molecule has 6 heteroatoms. The fourth-order valence-corrected chi connectivity index (χ4v) is 2.03. The molecular formula is C14H24N2O4. The number of ether oxygens (including phenoxy) is 1. The van der Waals surface area contributed by atoms with E-state index >= 15 is 0 Å². The summed E-state index contributed by atoms with van der Waals surface area (Å²) in [5.74, 6) is -0.784. The van der Waals surface area contributed by atoms with Gasteiger partial charge in [-0.1, -0.05) is 6.08 Å². The van der Waals surface area contributed by atoms with E-state index in [9.17, 15) is 9.59 Å². The Morgan fingerprint density at radius 3 is 2.60 bits per heavy atom. The van der Waals surface area contributed by atoms with Crippen LogP contribution in [-0.2, 0) is 9.53 Å². The van der Waals surface area contributed by atoms with Crippen LogP contribution in [0.5, 0.6) is 0 Å². The number of hydrogen-bond donors (Lipinski definition) is 2. The van der Waals surface area contributed by atoms with E-state index in [-0.39, 0.29) is 6.03 Å². The molecule has 0 aliphatic carbocycles. The summed E-state index contributed by atoms with van der Waals surface area (Å²) in [6.45, 7) is 7.83. The highest BCUT2D eigenvalue weighted by atomic mass is 16.5. The maximum atomic E-state index is 11.9. The second kappa shape index (κ2) is 7.89. The fourth-order valence-electron chi connectivity index (χ4n) is 2.03. The molecule has 1 aliphatic rings. The van der Waals surface area contributed by atoms with E-state index in [2.05, 4.69) is 11.9 Å². The number of likely N-dealkylation sites (tertiary alicyclic amines) is 1. The Morgan fingerprint density at radius 2 is 2.05 bits per heavy atom. The SMILES string of the molecule is C=CCCOCCNC(=O)N1CCC(C)(C(=O)O)CC1. The topological polar surface area (TPSA) is 78.9 Å². The first-order chi connectivity index (χ1) is 9.49. The quantitative estimate of drug-likeness (QED) is 0.548. The Balaban J connectivity index is 2.19. The molecule has 0 saturated carbocycles. The zero-order chi connectivity index (χ0) is 15.0. The summed E-state index contributed by atoms with van der Waals surface area (Å²) in [6, 6.07) is -0.148. The molecule has 2 amide bonds. The van der Waals surface area contributed by atoms with Crippen molar-refractivity contribution in [2.75, 3.05) is 32.8 Å². The Bertz CT molecular complexity index is 349. The molecule has 0 aromatic carbocycles. The van der Waals surface area contributed by atoms with E-state index in [1.807, 2.05) is 0 Å². The molecule has 2 N–H and O–H groups in total. The number of carboxylic acid groups (broad SMARTS) is 1. The number of carboxylic acids is 1. The third-order valence-corrected chi connectivity index (χ3v) is 3.66. The number of aliphatic carboxylic acids is 1. The van der Waals surface area contributed by atoms with Gasteiger partial charge < -0.3 is 20.1 Å². The molecular weight excluding hydrogens is 260 g/mol. The Labute approximate surface area is 119 Å². The largest absolute Gasteiger partial charge is 0.481 e. The third kappa shape index (κ3) is 4.85. The fraction of sp³-hybridized carbons (Fsp3) is 0.714. The minimum atomic E-state index is -0.784. The summed E-state index contributed by atoms with van der Waals surface area (Å²) >= 11 is 0. The van der Waals surface area contributed by atoms with Crippen molar-refractivity contribution in [3.63, 3.8) is 0 Å². The van der Waals surface area contributed by atoms with Gasteiger partial charge in [-0.2, -0.15) is 0 Å². The lowest BCUT2D eigenvalue weighted by Crippen LogP contribution is -2.49. The van der Waals surface area contributed by atoms with Gasteiger partial charge in [-0.25, -0.2) is 4.79 Å². The Morgan fingerprint density at radius 1 is 1.40 bits per heavy atom. The van der Waals surface area contributed by atoms with Crippen LogP contribution in [0.3, 0.4) is 0 Å². The van der Waals surface area contributed by atoms with Gasteiger partial charge in [0.05, 0.1) is 18.6 Å². The molecule has 0 spiro atoms. The minimum absolute atomic E-state index is 0.148.